The first-order valence-corrected chi connectivity index (χ1v) is 5.05. The van der Waals surface area contributed by atoms with E-state index < -0.39 is 0 Å². The van der Waals surface area contributed by atoms with Crippen LogP contribution in [0.1, 0.15) is 36.9 Å². The first kappa shape index (κ1) is 10.6. The van der Waals surface area contributed by atoms with Gasteiger partial charge in [-0.05, 0) is 30.5 Å². The van der Waals surface area contributed by atoms with Gasteiger partial charge in [-0.3, -0.25) is 0 Å². The minimum Gasteiger partial charge on any atom is -0.324 e. The average molecular weight is 198 g/mol. The molecule has 72 valence electrons. The molecule has 0 saturated heterocycles. The lowest BCUT2D eigenvalue weighted by molar-refractivity contribution is 0.635. The van der Waals surface area contributed by atoms with Crippen molar-refractivity contribution in [2.45, 2.75) is 32.7 Å². The molecule has 0 amide bonds. The number of hydrogen-bond acceptors (Lipinski definition) is 1. The maximum Gasteiger partial charge on any atom is 0.0438 e. The molecule has 0 radical (unpaired) electrons. The molecule has 0 aliphatic rings. The van der Waals surface area contributed by atoms with Crippen LogP contribution in [0.25, 0.3) is 0 Å². The Morgan fingerprint density at radius 3 is 2.77 bits per heavy atom. The second kappa shape index (κ2) is 4.64. The highest BCUT2D eigenvalue weighted by Gasteiger charge is 2.08. The molecule has 0 aliphatic heterocycles. The molecule has 0 fully saturated rings. The van der Waals surface area contributed by atoms with E-state index in [1.54, 1.807) is 0 Å². The fourth-order valence-electron chi connectivity index (χ4n) is 1.49. The largest absolute Gasteiger partial charge is 0.324 e. The van der Waals surface area contributed by atoms with E-state index in [2.05, 4.69) is 13.0 Å². The Morgan fingerprint density at radius 2 is 2.15 bits per heavy atom. The van der Waals surface area contributed by atoms with Gasteiger partial charge < -0.3 is 5.73 Å². The third kappa shape index (κ3) is 2.45. The van der Waals surface area contributed by atoms with Gasteiger partial charge in [0.05, 0.1) is 0 Å². The highest BCUT2D eigenvalue weighted by molar-refractivity contribution is 6.31. The second-order valence-electron chi connectivity index (χ2n) is 3.35. The summed E-state index contributed by atoms with van der Waals surface area (Å²) >= 11 is 6.00. The van der Waals surface area contributed by atoms with Crippen LogP contribution in [0.3, 0.4) is 0 Å². The van der Waals surface area contributed by atoms with Gasteiger partial charge in [-0.1, -0.05) is 37.1 Å². The number of benzene rings is 1. The molecular formula is C11H16ClN. The lowest BCUT2D eigenvalue weighted by Crippen LogP contribution is -2.11. The molecule has 2 heteroatoms. The number of nitrogens with two attached hydrogens (primary N) is 1. The fourth-order valence-corrected chi connectivity index (χ4v) is 1.67. The summed E-state index contributed by atoms with van der Waals surface area (Å²) < 4.78 is 0. The molecule has 0 heterocycles. The van der Waals surface area contributed by atoms with Crippen molar-refractivity contribution in [2.24, 2.45) is 5.73 Å². The van der Waals surface area contributed by atoms with Crippen LogP contribution in [-0.4, -0.2) is 0 Å². The summed E-state index contributed by atoms with van der Waals surface area (Å²) in [6, 6.07) is 6.05. The van der Waals surface area contributed by atoms with Crippen LogP contribution in [0.4, 0.5) is 0 Å². The van der Waals surface area contributed by atoms with Gasteiger partial charge in [0.2, 0.25) is 0 Å². The molecule has 0 bridgehead atoms. The maximum atomic E-state index is 6.02. The van der Waals surface area contributed by atoms with E-state index in [4.69, 9.17) is 17.3 Å². The van der Waals surface area contributed by atoms with Crippen LogP contribution in [0, 0.1) is 6.92 Å². The van der Waals surface area contributed by atoms with Crippen molar-refractivity contribution >= 4 is 11.6 Å². The molecule has 1 aromatic rings. The third-order valence-electron chi connectivity index (χ3n) is 2.31. The minimum atomic E-state index is 0.128. The van der Waals surface area contributed by atoms with Crippen LogP contribution in [0.15, 0.2) is 18.2 Å². The van der Waals surface area contributed by atoms with E-state index in [0.717, 1.165) is 23.4 Å². The Labute approximate surface area is 84.9 Å². The normalized spacial score (nSPS) is 12.9. The SMILES string of the molecule is CCCC(N)c1cccc(Cl)c1C. The Balaban J connectivity index is 2.93. The highest BCUT2D eigenvalue weighted by atomic mass is 35.5. The van der Waals surface area contributed by atoms with Crippen molar-refractivity contribution in [1.82, 2.24) is 0 Å². The summed E-state index contributed by atoms with van der Waals surface area (Å²) in [5.41, 5.74) is 8.31. The van der Waals surface area contributed by atoms with Gasteiger partial charge in [0, 0.05) is 11.1 Å². The van der Waals surface area contributed by atoms with Crippen LogP contribution in [-0.2, 0) is 0 Å². The number of halogens is 1. The Hall–Kier alpha value is -0.530. The molecule has 0 spiro atoms. The molecule has 2 N–H and O–H groups in total. The Morgan fingerprint density at radius 1 is 1.46 bits per heavy atom. The van der Waals surface area contributed by atoms with Gasteiger partial charge in [-0.15, -0.1) is 0 Å². The van der Waals surface area contributed by atoms with E-state index in [0.29, 0.717) is 0 Å². The molecule has 1 unspecified atom stereocenters. The maximum absolute atomic E-state index is 6.02. The quantitative estimate of drug-likeness (QED) is 0.790. The molecule has 1 rings (SSSR count). The molecule has 0 aromatic heterocycles. The smallest absolute Gasteiger partial charge is 0.0438 e. The monoisotopic (exact) mass is 197 g/mol. The second-order valence-corrected chi connectivity index (χ2v) is 3.76. The van der Waals surface area contributed by atoms with Crippen LogP contribution >= 0.6 is 11.6 Å². The van der Waals surface area contributed by atoms with Gasteiger partial charge in [0.25, 0.3) is 0 Å². The van der Waals surface area contributed by atoms with Crippen LogP contribution in [0.5, 0.6) is 0 Å². The summed E-state index contributed by atoms with van der Waals surface area (Å²) in [7, 11) is 0. The molecule has 1 nitrogen and oxygen atoms in total. The lowest BCUT2D eigenvalue weighted by Gasteiger charge is -2.14. The molecule has 1 atom stereocenters. The standard InChI is InChI=1S/C11H16ClN/c1-3-5-11(13)9-6-4-7-10(12)8(9)2/h4,6-7,11H,3,5,13H2,1-2H3. The molecular weight excluding hydrogens is 182 g/mol. The number of hydrogen-bond donors (Lipinski definition) is 1. The van der Waals surface area contributed by atoms with Crippen molar-refractivity contribution in [3.8, 4) is 0 Å². The summed E-state index contributed by atoms with van der Waals surface area (Å²) in [6.07, 6.45) is 2.12. The van der Waals surface area contributed by atoms with E-state index >= 15 is 0 Å². The first-order chi connectivity index (χ1) is 6.16. The van der Waals surface area contributed by atoms with Crippen molar-refractivity contribution in [3.05, 3.63) is 34.3 Å². The predicted octanol–water partition coefficient (Wildman–Crippen LogP) is 3.45. The number of rotatable bonds is 3. The summed E-state index contributed by atoms with van der Waals surface area (Å²) in [6.45, 7) is 4.16. The average Bonchev–Trinajstić information content (AvgIpc) is 2.10. The molecule has 0 saturated carbocycles. The first-order valence-electron chi connectivity index (χ1n) is 4.67. The van der Waals surface area contributed by atoms with Crippen LogP contribution in [0.2, 0.25) is 5.02 Å². The molecule has 1 aromatic carbocycles. The van der Waals surface area contributed by atoms with Gasteiger partial charge in [0.1, 0.15) is 0 Å². The van der Waals surface area contributed by atoms with Gasteiger partial charge >= 0.3 is 0 Å². The van der Waals surface area contributed by atoms with E-state index in [1.165, 1.54) is 5.56 Å². The zero-order chi connectivity index (χ0) is 9.84. The van der Waals surface area contributed by atoms with Crippen molar-refractivity contribution < 1.29 is 0 Å². The van der Waals surface area contributed by atoms with E-state index in [-0.39, 0.29) is 6.04 Å². The molecule has 0 aliphatic carbocycles. The Bertz CT molecular complexity index is 283. The van der Waals surface area contributed by atoms with Gasteiger partial charge in [0.15, 0.2) is 0 Å². The zero-order valence-electron chi connectivity index (χ0n) is 8.18. The van der Waals surface area contributed by atoms with Crippen molar-refractivity contribution in [1.29, 1.82) is 0 Å². The zero-order valence-corrected chi connectivity index (χ0v) is 8.93. The lowest BCUT2D eigenvalue weighted by atomic mass is 9.99. The summed E-state index contributed by atoms with van der Waals surface area (Å²) in [5, 5.41) is 0.809. The fraction of sp³-hybridized carbons (Fsp3) is 0.455. The predicted molar refractivity (Wildman–Crippen MR) is 58.0 cm³/mol. The Kier molecular flexibility index (Phi) is 3.76. The topological polar surface area (TPSA) is 26.0 Å². The van der Waals surface area contributed by atoms with Crippen LogP contribution < -0.4 is 5.73 Å². The third-order valence-corrected chi connectivity index (χ3v) is 2.72. The van der Waals surface area contributed by atoms with Crippen molar-refractivity contribution in [2.75, 3.05) is 0 Å². The summed E-state index contributed by atoms with van der Waals surface area (Å²) in [5.74, 6) is 0. The van der Waals surface area contributed by atoms with Crippen molar-refractivity contribution in [3.63, 3.8) is 0 Å². The highest BCUT2D eigenvalue weighted by Crippen LogP contribution is 2.25. The summed E-state index contributed by atoms with van der Waals surface area (Å²) in [4.78, 5) is 0. The van der Waals surface area contributed by atoms with E-state index in [1.807, 2.05) is 19.1 Å². The van der Waals surface area contributed by atoms with Gasteiger partial charge in [-0.2, -0.15) is 0 Å². The minimum absolute atomic E-state index is 0.128. The van der Waals surface area contributed by atoms with E-state index in [9.17, 15) is 0 Å². The van der Waals surface area contributed by atoms with Gasteiger partial charge in [-0.25, -0.2) is 0 Å². The molecule has 13 heavy (non-hydrogen) atoms.